The molecule has 0 bridgehead atoms. The molecule has 0 aliphatic heterocycles. The highest BCUT2D eigenvalue weighted by Crippen LogP contribution is 2.15. The van der Waals surface area contributed by atoms with Crippen LogP contribution in [0.2, 0.25) is 0 Å². The molecule has 0 saturated carbocycles. The molecule has 5 heteroatoms. The molecule has 0 atom stereocenters. The van der Waals surface area contributed by atoms with Gasteiger partial charge in [0.25, 0.3) is 0 Å². The number of hydrogen-bond donors (Lipinski definition) is 2. The standard InChI is InChI=1S/C11H12N2O3/c1-7(14)11(8(2)15)13-12-9-4-3-5-10(16)6-9/h3-6,12,16H,1-2H3. The number of anilines is 1. The Labute approximate surface area is 92.8 Å². The summed E-state index contributed by atoms with van der Waals surface area (Å²) in [6, 6.07) is 6.21. The van der Waals surface area contributed by atoms with E-state index in [1.165, 1.54) is 26.0 Å². The van der Waals surface area contributed by atoms with Crippen LogP contribution in [0.4, 0.5) is 5.69 Å². The molecular weight excluding hydrogens is 208 g/mol. The number of benzene rings is 1. The molecule has 16 heavy (non-hydrogen) atoms. The van der Waals surface area contributed by atoms with Gasteiger partial charge in [0.15, 0.2) is 17.3 Å². The van der Waals surface area contributed by atoms with Gasteiger partial charge in [0.2, 0.25) is 0 Å². The van der Waals surface area contributed by atoms with Crippen LogP contribution >= 0.6 is 0 Å². The Kier molecular flexibility index (Phi) is 3.77. The molecular formula is C11H12N2O3. The SMILES string of the molecule is CC(=O)C(=NNc1cccc(O)c1)C(C)=O. The van der Waals surface area contributed by atoms with Gasteiger partial charge < -0.3 is 5.11 Å². The Bertz CT molecular complexity index is 436. The Morgan fingerprint density at radius 2 is 1.88 bits per heavy atom. The van der Waals surface area contributed by atoms with Crippen molar-refractivity contribution in [1.82, 2.24) is 0 Å². The molecule has 0 heterocycles. The maximum Gasteiger partial charge on any atom is 0.183 e. The number of carbonyl (C=O) groups excluding carboxylic acids is 2. The summed E-state index contributed by atoms with van der Waals surface area (Å²) in [6.07, 6.45) is 0. The van der Waals surface area contributed by atoms with E-state index < -0.39 is 11.6 Å². The first kappa shape index (κ1) is 11.9. The summed E-state index contributed by atoms with van der Waals surface area (Å²) < 4.78 is 0. The first-order chi connectivity index (χ1) is 7.50. The third-order valence-electron chi connectivity index (χ3n) is 1.81. The molecule has 0 amide bonds. The lowest BCUT2D eigenvalue weighted by molar-refractivity contribution is -0.114. The van der Waals surface area contributed by atoms with Gasteiger partial charge in [-0.1, -0.05) is 6.07 Å². The van der Waals surface area contributed by atoms with Gasteiger partial charge in [0, 0.05) is 19.9 Å². The summed E-state index contributed by atoms with van der Waals surface area (Å²) in [5.74, 6) is -0.729. The van der Waals surface area contributed by atoms with Crippen molar-refractivity contribution in [3.63, 3.8) is 0 Å². The van der Waals surface area contributed by atoms with Crippen molar-refractivity contribution >= 4 is 23.0 Å². The normalized spacial score (nSPS) is 9.38. The van der Waals surface area contributed by atoms with Crippen LogP contribution in [0.1, 0.15) is 13.8 Å². The van der Waals surface area contributed by atoms with Gasteiger partial charge in [-0.2, -0.15) is 5.10 Å². The van der Waals surface area contributed by atoms with E-state index in [0.29, 0.717) is 5.69 Å². The van der Waals surface area contributed by atoms with Crippen molar-refractivity contribution in [2.24, 2.45) is 5.10 Å². The highest BCUT2D eigenvalue weighted by atomic mass is 16.3. The van der Waals surface area contributed by atoms with Gasteiger partial charge in [-0.3, -0.25) is 15.0 Å². The monoisotopic (exact) mass is 220 g/mol. The summed E-state index contributed by atoms with van der Waals surface area (Å²) in [4.78, 5) is 22.1. The number of phenols is 1. The summed E-state index contributed by atoms with van der Waals surface area (Å²) in [5, 5.41) is 12.9. The van der Waals surface area contributed by atoms with Crippen molar-refractivity contribution in [1.29, 1.82) is 0 Å². The molecule has 0 saturated heterocycles. The number of nitrogens with zero attached hydrogens (tertiary/aromatic N) is 1. The minimum Gasteiger partial charge on any atom is -0.508 e. The Hall–Kier alpha value is -2.17. The molecule has 0 fully saturated rings. The third kappa shape index (κ3) is 3.20. The number of carbonyl (C=O) groups is 2. The van der Waals surface area contributed by atoms with Gasteiger partial charge >= 0.3 is 0 Å². The number of rotatable bonds is 4. The van der Waals surface area contributed by atoms with Crippen molar-refractivity contribution < 1.29 is 14.7 Å². The van der Waals surface area contributed by atoms with Crippen LogP contribution in [-0.4, -0.2) is 22.4 Å². The van der Waals surface area contributed by atoms with Crippen molar-refractivity contribution in [2.45, 2.75) is 13.8 Å². The maximum atomic E-state index is 11.0. The average molecular weight is 220 g/mol. The highest BCUT2D eigenvalue weighted by molar-refractivity contribution is 6.65. The third-order valence-corrected chi connectivity index (χ3v) is 1.81. The minimum atomic E-state index is -0.403. The Morgan fingerprint density at radius 1 is 1.25 bits per heavy atom. The maximum absolute atomic E-state index is 11.0. The van der Waals surface area contributed by atoms with Crippen LogP contribution in [0, 0.1) is 0 Å². The molecule has 1 aromatic rings. The van der Waals surface area contributed by atoms with Gasteiger partial charge in [-0.05, 0) is 12.1 Å². The number of nitrogens with one attached hydrogen (secondary N) is 1. The lowest BCUT2D eigenvalue weighted by Crippen LogP contribution is -2.20. The zero-order valence-corrected chi connectivity index (χ0v) is 9.02. The van der Waals surface area contributed by atoms with E-state index in [1.807, 2.05) is 0 Å². The molecule has 1 aromatic carbocycles. The van der Waals surface area contributed by atoms with E-state index >= 15 is 0 Å². The fourth-order valence-electron chi connectivity index (χ4n) is 1.10. The van der Waals surface area contributed by atoms with E-state index in [4.69, 9.17) is 0 Å². The number of aromatic hydroxyl groups is 1. The van der Waals surface area contributed by atoms with Crippen molar-refractivity contribution in [3.8, 4) is 5.75 Å². The van der Waals surface area contributed by atoms with Gasteiger partial charge in [-0.25, -0.2) is 0 Å². The van der Waals surface area contributed by atoms with Gasteiger partial charge in [-0.15, -0.1) is 0 Å². The van der Waals surface area contributed by atoms with Gasteiger partial charge in [0.05, 0.1) is 5.69 Å². The lowest BCUT2D eigenvalue weighted by Gasteiger charge is -2.02. The molecule has 0 spiro atoms. The Balaban J connectivity index is 2.85. The highest BCUT2D eigenvalue weighted by Gasteiger charge is 2.11. The summed E-state index contributed by atoms with van der Waals surface area (Å²) in [5.41, 5.74) is 2.88. The number of hydrazone groups is 1. The van der Waals surface area contributed by atoms with Crippen LogP contribution < -0.4 is 5.43 Å². The van der Waals surface area contributed by atoms with Crippen molar-refractivity contribution in [2.75, 3.05) is 5.43 Å². The molecule has 1 rings (SSSR count). The molecule has 0 unspecified atom stereocenters. The fourth-order valence-corrected chi connectivity index (χ4v) is 1.10. The second-order valence-electron chi connectivity index (χ2n) is 3.23. The van der Waals surface area contributed by atoms with E-state index in [2.05, 4.69) is 10.5 Å². The largest absolute Gasteiger partial charge is 0.508 e. The molecule has 0 aliphatic carbocycles. The zero-order valence-electron chi connectivity index (χ0n) is 9.02. The molecule has 0 radical (unpaired) electrons. The summed E-state index contributed by atoms with van der Waals surface area (Å²) in [7, 11) is 0. The quantitative estimate of drug-likeness (QED) is 0.456. The molecule has 0 aromatic heterocycles. The van der Waals surface area contributed by atoms with Crippen LogP contribution in [-0.2, 0) is 9.59 Å². The van der Waals surface area contributed by atoms with Gasteiger partial charge in [0.1, 0.15) is 5.75 Å². The smallest absolute Gasteiger partial charge is 0.183 e. The number of hydrogen-bond acceptors (Lipinski definition) is 5. The van der Waals surface area contributed by atoms with E-state index in [1.54, 1.807) is 12.1 Å². The lowest BCUT2D eigenvalue weighted by atomic mass is 10.2. The number of phenolic OH excluding ortho intramolecular Hbond substituents is 1. The second-order valence-corrected chi connectivity index (χ2v) is 3.23. The summed E-state index contributed by atoms with van der Waals surface area (Å²) >= 11 is 0. The Morgan fingerprint density at radius 3 is 2.38 bits per heavy atom. The van der Waals surface area contributed by atoms with Crippen LogP contribution in [0.15, 0.2) is 29.4 Å². The van der Waals surface area contributed by atoms with E-state index in [9.17, 15) is 14.7 Å². The molecule has 84 valence electrons. The van der Waals surface area contributed by atoms with E-state index in [0.717, 1.165) is 0 Å². The minimum absolute atomic E-state index is 0.0763. The average Bonchev–Trinajstić information content (AvgIpc) is 2.16. The predicted molar refractivity (Wildman–Crippen MR) is 60.5 cm³/mol. The number of ketones is 2. The second kappa shape index (κ2) is 5.06. The molecule has 2 N–H and O–H groups in total. The van der Waals surface area contributed by atoms with Crippen molar-refractivity contribution in [3.05, 3.63) is 24.3 Å². The first-order valence-electron chi connectivity index (χ1n) is 4.65. The first-order valence-corrected chi connectivity index (χ1v) is 4.65. The summed E-state index contributed by atoms with van der Waals surface area (Å²) in [6.45, 7) is 2.54. The topological polar surface area (TPSA) is 78.8 Å². The van der Waals surface area contributed by atoms with Crippen LogP contribution in [0.25, 0.3) is 0 Å². The molecule has 5 nitrogen and oxygen atoms in total. The number of Topliss-reactive ketones (excluding diaryl/α,β-unsaturated/α-hetero) is 2. The van der Waals surface area contributed by atoms with Crippen LogP contribution in [0.5, 0.6) is 5.75 Å². The predicted octanol–water partition coefficient (Wildman–Crippen LogP) is 1.34. The fraction of sp³-hybridized carbons (Fsp3) is 0.182. The molecule has 0 aliphatic rings. The zero-order chi connectivity index (χ0) is 12.1. The van der Waals surface area contributed by atoms with E-state index in [-0.39, 0.29) is 11.5 Å². The van der Waals surface area contributed by atoms with Crippen LogP contribution in [0.3, 0.4) is 0 Å².